The molecule has 0 saturated heterocycles. The van der Waals surface area contributed by atoms with E-state index in [1.54, 1.807) is 38.2 Å². The highest BCUT2D eigenvalue weighted by atomic mass is 19.1. The van der Waals surface area contributed by atoms with Crippen LogP contribution in [0.1, 0.15) is 28.4 Å². The van der Waals surface area contributed by atoms with Gasteiger partial charge in [0.15, 0.2) is 5.78 Å². The first-order chi connectivity index (χ1) is 18.8. The van der Waals surface area contributed by atoms with Crippen LogP contribution >= 0.6 is 0 Å². The molecule has 0 bridgehead atoms. The van der Waals surface area contributed by atoms with E-state index < -0.39 is 23.3 Å². The molecule has 5 aromatic rings. The number of fused-ring (bicyclic) bond motifs is 1. The van der Waals surface area contributed by atoms with Crippen molar-refractivity contribution in [1.29, 1.82) is 0 Å². The molecule has 0 unspecified atom stereocenters. The van der Waals surface area contributed by atoms with Gasteiger partial charge in [0.2, 0.25) is 5.91 Å². The highest BCUT2D eigenvalue weighted by molar-refractivity contribution is 6.08. The van der Waals surface area contributed by atoms with Crippen LogP contribution in [-0.4, -0.2) is 49.6 Å². The average Bonchev–Trinajstić information content (AvgIpc) is 3.43. The van der Waals surface area contributed by atoms with E-state index in [2.05, 4.69) is 30.9 Å². The minimum atomic E-state index is -0.544. The van der Waals surface area contributed by atoms with E-state index in [0.29, 0.717) is 33.5 Å². The van der Waals surface area contributed by atoms with Crippen LogP contribution in [0.3, 0.4) is 0 Å². The van der Waals surface area contributed by atoms with Crippen LogP contribution in [0.4, 0.5) is 10.1 Å². The lowest BCUT2D eigenvalue weighted by atomic mass is 10.0. The summed E-state index contributed by atoms with van der Waals surface area (Å²) in [7, 11) is 1.63. The Bertz CT molecular complexity index is 1750. The molecule has 12 heteroatoms. The van der Waals surface area contributed by atoms with Crippen molar-refractivity contribution in [1.82, 2.24) is 30.2 Å². The van der Waals surface area contributed by atoms with E-state index in [1.165, 1.54) is 47.4 Å². The zero-order valence-electron chi connectivity index (χ0n) is 20.9. The number of nitrogens with one attached hydrogen (secondary N) is 2. The fourth-order valence-corrected chi connectivity index (χ4v) is 3.90. The lowest BCUT2D eigenvalue weighted by molar-refractivity contribution is -0.117. The summed E-state index contributed by atoms with van der Waals surface area (Å²) in [5, 5.41) is 13.1. The molecule has 1 atom stereocenters. The zero-order valence-corrected chi connectivity index (χ0v) is 20.9. The summed E-state index contributed by atoms with van der Waals surface area (Å²) < 4.78 is 19.5. The van der Waals surface area contributed by atoms with E-state index in [0.717, 1.165) is 0 Å². The van der Waals surface area contributed by atoms with Gasteiger partial charge in [-0.15, -0.1) is 0 Å². The molecule has 196 valence electrons. The molecule has 2 N–H and O–H groups in total. The molecule has 1 amide bonds. The number of carbonyl (C=O) groups excluding carboxylic acids is 2. The zero-order chi connectivity index (χ0) is 27.5. The number of carbonyl (C=O) groups is 2. The lowest BCUT2D eigenvalue weighted by Gasteiger charge is -2.16. The molecule has 2 aromatic carbocycles. The predicted octanol–water partition coefficient (Wildman–Crippen LogP) is 2.81. The van der Waals surface area contributed by atoms with Crippen molar-refractivity contribution in [2.75, 3.05) is 12.4 Å². The van der Waals surface area contributed by atoms with Crippen molar-refractivity contribution in [3.8, 4) is 11.4 Å². The van der Waals surface area contributed by atoms with Crippen LogP contribution in [-0.2, 0) is 11.3 Å². The Kier molecular flexibility index (Phi) is 7.02. The van der Waals surface area contributed by atoms with Crippen molar-refractivity contribution < 1.29 is 18.6 Å². The summed E-state index contributed by atoms with van der Waals surface area (Å²) in [4.78, 5) is 47.7. The molecule has 0 spiro atoms. The maximum Gasteiger partial charge on any atom is 0.277 e. The highest BCUT2D eigenvalue weighted by Gasteiger charge is 2.19. The number of benzene rings is 2. The maximum atomic E-state index is 13.6. The van der Waals surface area contributed by atoms with Crippen LogP contribution in [0.5, 0.6) is 0 Å². The van der Waals surface area contributed by atoms with Crippen molar-refractivity contribution in [3.63, 3.8) is 0 Å². The molecule has 0 saturated carbocycles. The third kappa shape index (κ3) is 5.31. The van der Waals surface area contributed by atoms with Gasteiger partial charge in [-0.2, -0.15) is 0 Å². The minimum absolute atomic E-state index is 0.0125. The Balaban J connectivity index is 1.56. The van der Waals surface area contributed by atoms with Crippen LogP contribution in [0, 0.1) is 5.82 Å². The van der Waals surface area contributed by atoms with Crippen molar-refractivity contribution in [3.05, 3.63) is 100.0 Å². The monoisotopic (exact) mass is 527 g/mol. The number of likely N-dealkylation sites (N-methyl/N-ethyl adjacent to an activating group) is 1. The Hall–Kier alpha value is -5.10. The predicted molar refractivity (Wildman–Crippen MR) is 140 cm³/mol. The van der Waals surface area contributed by atoms with Gasteiger partial charge in [0, 0.05) is 29.1 Å². The molecule has 3 heterocycles. The molecule has 0 radical (unpaired) electrons. The van der Waals surface area contributed by atoms with E-state index in [9.17, 15) is 18.8 Å². The normalized spacial score (nSPS) is 11.9. The molecule has 11 nitrogen and oxygen atoms in total. The van der Waals surface area contributed by atoms with Gasteiger partial charge in [0.05, 0.1) is 18.8 Å². The van der Waals surface area contributed by atoms with Crippen LogP contribution in [0.25, 0.3) is 22.4 Å². The van der Waals surface area contributed by atoms with Gasteiger partial charge in [-0.3, -0.25) is 23.9 Å². The van der Waals surface area contributed by atoms with Crippen LogP contribution in [0.15, 0.2) is 76.5 Å². The molecular formula is C27H22FN7O4. The largest absolute Gasteiger partial charge is 0.319 e. The number of anilines is 1. The summed E-state index contributed by atoms with van der Waals surface area (Å²) >= 11 is 0. The Morgan fingerprint density at radius 2 is 1.77 bits per heavy atom. The third-order valence-corrected chi connectivity index (χ3v) is 6.15. The first-order valence-electron chi connectivity index (χ1n) is 11.9. The first-order valence-corrected chi connectivity index (χ1v) is 11.9. The third-order valence-electron chi connectivity index (χ3n) is 6.15. The minimum Gasteiger partial charge on any atom is -0.319 e. The standard InChI is InChI=1S/C27H22FN7O4/c1-15(29-2)26(37)32-23-13-31-25(18-5-8-21-22(10-18)34-39-33-21)35(27(23)38)14-16-9-19(12-30-11-16)24(36)17-3-6-20(28)7-4-17/h3-13,15,29H,14H2,1-2H3,(H,32,37)/t15-/m0/s1. The summed E-state index contributed by atoms with van der Waals surface area (Å²) in [5.74, 6) is -0.909. The molecule has 5 rings (SSSR count). The van der Waals surface area contributed by atoms with Crippen LogP contribution < -0.4 is 16.2 Å². The molecule has 0 fully saturated rings. The molecule has 0 aliphatic rings. The van der Waals surface area contributed by atoms with Gasteiger partial charge in [-0.25, -0.2) is 14.0 Å². The second-order valence-electron chi connectivity index (χ2n) is 8.77. The molecule has 0 aliphatic carbocycles. The van der Waals surface area contributed by atoms with Crippen LogP contribution in [0.2, 0.25) is 0 Å². The van der Waals surface area contributed by atoms with E-state index in [4.69, 9.17) is 4.63 Å². The number of nitrogens with zero attached hydrogens (tertiary/aromatic N) is 5. The average molecular weight is 528 g/mol. The summed E-state index contributed by atoms with van der Waals surface area (Å²) in [6.45, 7) is 1.64. The van der Waals surface area contributed by atoms with Crippen molar-refractivity contribution in [2.24, 2.45) is 0 Å². The van der Waals surface area contributed by atoms with Crippen molar-refractivity contribution in [2.45, 2.75) is 19.5 Å². The SMILES string of the molecule is CN[C@@H](C)C(=O)Nc1cnc(-c2ccc3nonc3c2)n(Cc2cncc(C(=O)c3ccc(F)cc3)c2)c1=O. The van der Waals surface area contributed by atoms with Gasteiger partial charge in [-0.05, 0) is 78.4 Å². The number of hydrogen-bond acceptors (Lipinski definition) is 9. The van der Waals surface area contributed by atoms with Crippen molar-refractivity contribution >= 4 is 28.4 Å². The number of pyridine rings is 1. The summed E-state index contributed by atoms with van der Waals surface area (Å²) in [5.41, 5.74) is 2.15. The fourth-order valence-electron chi connectivity index (χ4n) is 3.90. The lowest BCUT2D eigenvalue weighted by Crippen LogP contribution is -2.38. The number of aromatic nitrogens is 5. The number of ketones is 1. The molecular weight excluding hydrogens is 505 g/mol. The molecule has 39 heavy (non-hydrogen) atoms. The number of halogens is 1. The molecule has 0 aliphatic heterocycles. The number of rotatable bonds is 8. The van der Waals surface area contributed by atoms with Gasteiger partial charge in [-0.1, -0.05) is 0 Å². The number of hydrogen-bond donors (Lipinski definition) is 2. The smallest absolute Gasteiger partial charge is 0.277 e. The highest BCUT2D eigenvalue weighted by Crippen LogP contribution is 2.22. The Morgan fingerprint density at radius 1 is 1.00 bits per heavy atom. The molecule has 3 aromatic heterocycles. The maximum absolute atomic E-state index is 13.6. The second kappa shape index (κ2) is 10.7. The quantitative estimate of drug-likeness (QED) is 0.291. The van der Waals surface area contributed by atoms with Gasteiger partial charge < -0.3 is 10.6 Å². The van der Waals surface area contributed by atoms with Gasteiger partial charge in [0.25, 0.3) is 5.56 Å². The second-order valence-corrected chi connectivity index (χ2v) is 8.77. The van der Waals surface area contributed by atoms with E-state index in [1.807, 2.05) is 0 Å². The fraction of sp³-hybridized carbons (Fsp3) is 0.148. The number of amides is 1. The Labute approximate surface area is 220 Å². The van der Waals surface area contributed by atoms with Gasteiger partial charge in [0.1, 0.15) is 28.4 Å². The first kappa shape index (κ1) is 25.5. The summed E-state index contributed by atoms with van der Waals surface area (Å²) in [6, 6.07) is 11.3. The van der Waals surface area contributed by atoms with Gasteiger partial charge >= 0.3 is 0 Å². The van der Waals surface area contributed by atoms with E-state index in [-0.39, 0.29) is 23.6 Å². The summed E-state index contributed by atoms with van der Waals surface area (Å²) in [6.07, 6.45) is 4.22. The van der Waals surface area contributed by atoms with E-state index >= 15 is 0 Å². The topological polar surface area (TPSA) is 145 Å². The Morgan fingerprint density at radius 3 is 2.54 bits per heavy atom.